The summed E-state index contributed by atoms with van der Waals surface area (Å²) in [6.07, 6.45) is 0.877. The van der Waals surface area contributed by atoms with Crippen molar-refractivity contribution < 1.29 is 9.47 Å². The molecule has 1 aromatic rings. The largest absolute Gasteiger partial charge is 0.493 e. The first-order chi connectivity index (χ1) is 12.6. The highest BCUT2D eigenvalue weighted by atomic mass is 127. The normalized spacial score (nSPS) is 11.3. The first kappa shape index (κ1) is 25.9. The molecule has 0 aliphatic carbocycles. The monoisotopic (exact) mass is 492 g/mol. The van der Waals surface area contributed by atoms with E-state index in [0.29, 0.717) is 19.8 Å². The zero-order chi connectivity index (χ0) is 19.2. The van der Waals surface area contributed by atoms with E-state index in [1.54, 1.807) is 7.11 Å². The van der Waals surface area contributed by atoms with Crippen LogP contribution in [0.5, 0.6) is 5.75 Å². The third-order valence-corrected chi connectivity index (χ3v) is 4.05. The van der Waals surface area contributed by atoms with Gasteiger partial charge in [-0.1, -0.05) is 19.1 Å². The highest BCUT2D eigenvalue weighted by molar-refractivity contribution is 14.0. The summed E-state index contributed by atoms with van der Waals surface area (Å²) in [4.78, 5) is 6.98. The summed E-state index contributed by atoms with van der Waals surface area (Å²) >= 11 is 0. The van der Waals surface area contributed by atoms with Crippen molar-refractivity contribution in [1.29, 1.82) is 0 Å². The summed E-state index contributed by atoms with van der Waals surface area (Å²) in [5, 5.41) is 6.69. The van der Waals surface area contributed by atoms with E-state index in [4.69, 9.17) is 14.5 Å². The maximum Gasteiger partial charge on any atom is 0.191 e. The lowest BCUT2D eigenvalue weighted by Crippen LogP contribution is -2.40. The summed E-state index contributed by atoms with van der Waals surface area (Å²) in [6, 6.07) is 6.27. The minimum absolute atomic E-state index is 0. The smallest absolute Gasteiger partial charge is 0.191 e. The van der Waals surface area contributed by atoms with E-state index >= 15 is 0 Å². The molecule has 0 saturated carbocycles. The molecule has 2 N–H and O–H groups in total. The molecule has 0 heterocycles. The van der Waals surface area contributed by atoms with Crippen LogP contribution in [0.4, 0.5) is 0 Å². The molecule has 6 nitrogen and oxygen atoms in total. The van der Waals surface area contributed by atoms with Crippen LogP contribution in [0.2, 0.25) is 0 Å². The van der Waals surface area contributed by atoms with Crippen molar-refractivity contribution in [3.05, 3.63) is 29.3 Å². The number of rotatable bonds is 12. The summed E-state index contributed by atoms with van der Waals surface area (Å²) in [5.74, 6) is 1.74. The number of methoxy groups -OCH3 is 1. The first-order valence-electron chi connectivity index (χ1n) is 9.52. The Balaban J connectivity index is 0.00000676. The number of nitrogens with zero attached hydrogens (tertiary/aromatic N) is 2. The Morgan fingerprint density at radius 3 is 2.63 bits per heavy atom. The zero-order valence-corrected chi connectivity index (χ0v) is 19.8. The molecule has 0 fully saturated rings. The Morgan fingerprint density at radius 2 is 1.96 bits per heavy atom. The third kappa shape index (κ3) is 11.4. The molecule has 0 bridgehead atoms. The molecular weight excluding hydrogens is 455 g/mol. The van der Waals surface area contributed by atoms with Gasteiger partial charge in [0.2, 0.25) is 0 Å². The Morgan fingerprint density at radius 1 is 1.19 bits per heavy atom. The van der Waals surface area contributed by atoms with Crippen molar-refractivity contribution >= 4 is 29.9 Å². The van der Waals surface area contributed by atoms with Gasteiger partial charge in [-0.05, 0) is 39.1 Å². The standard InChI is InChI=1S/C20H36N4O2.HI/c1-6-21-20(22-11-12-24(4)7-2)23-16-18-10-9-17(3)15-19(18)26-14-8-13-25-5;/h9-10,15H,6-8,11-14,16H2,1-5H3,(H2,21,22,23);1H. The second-order valence-electron chi connectivity index (χ2n) is 6.32. The van der Waals surface area contributed by atoms with Gasteiger partial charge in [-0.25, -0.2) is 4.99 Å². The molecule has 0 atom stereocenters. The van der Waals surface area contributed by atoms with Crippen LogP contribution in [0, 0.1) is 6.92 Å². The second kappa shape index (κ2) is 15.9. The number of likely N-dealkylation sites (N-methyl/N-ethyl adjacent to an activating group) is 1. The molecule has 0 spiro atoms. The first-order valence-corrected chi connectivity index (χ1v) is 9.52. The van der Waals surface area contributed by atoms with Crippen LogP contribution in [0.25, 0.3) is 0 Å². The average Bonchev–Trinajstić information content (AvgIpc) is 2.64. The molecule has 0 unspecified atom stereocenters. The van der Waals surface area contributed by atoms with E-state index < -0.39 is 0 Å². The molecule has 0 radical (unpaired) electrons. The maximum atomic E-state index is 5.94. The molecule has 0 saturated heterocycles. The van der Waals surface area contributed by atoms with Gasteiger partial charge in [0.1, 0.15) is 5.75 Å². The Bertz CT molecular complexity index is 541. The van der Waals surface area contributed by atoms with Gasteiger partial charge in [-0.3, -0.25) is 0 Å². The van der Waals surface area contributed by atoms with Crippen molar-refractivity contribution in [2.45, 2.75) is 33.7 Å². The van der Waals surface area contributed by atoms with E-state index in [1.165, 1.54) is 5.56 Å². The summed E-state index contributed by atoms with van der Waals surface area (Å²) < 4.78 is 11.0. The number of benzene rings is 1. The molecule has 0 aromatic heterocycles. The minimum Gasteiger partial charge on any atom is -0.493 e. The van der Waals surface area contributed by atoms with Crippen LogP contribution in [-0.4, -0.2) is 64.4 Å². The van der Waals surface area contributed by atoms with Crippen molar-refractivity contribution in [3.8, 4) is 5.75 Å². The number of aliphatic imine (C=N–C) groups is 1. The maximum absolute atomic E-state index is 5.94. The Kier molecular flexibility index (Phi) is 15.3. The van der Waals surface area contributed by atoms with Crippen LogP contribution in [0.15, 0.2) is 23.2 Å². The van der Waals surface area contributed by atoms with E-state index in [1.807, 2.05) is 0 Å². The third-order valence-electron chi connectivity index (χ3n) is 4.05. The van der Waals surface area contributed by atoms with Gasteiger partial charge in [-0.2, -0.15) is 0 Å². The van der Waals surface area contributed by atoms with Crippen LogP contribution < -0.4 is 15.4 Å². The highest BCUT2D eigenvalue weighted by Crippen LogP contribution is 2.21. The topological polar surface area (TPSA) is 58.1 Å². The fourth-order valence-electron chi connectivity index (χ4n) is 2.34. The SMILES string of the molecule is CCNC(=NCc1ccc(C)cc1OCCCOC)NCCN(C)CC.I. The number of hydrogen-bond acceptors (Lipinski definition) is 4. The molecule has 1 rings (SSSR count). The lowest BCUT2D eigenvalue weighted by molar-refractivity contribution is 0.172. The average molecular weight is 492 g/mol. The number of nitrogens with one attached hydrogen (secondary N) is 2. The fraction of sp³-hybridized carbons (Fsp3) is 0.650. The molecular formula is C20H37IN4O2. The van der Waals surface area contributed by atoms with Gasteiger partial charge in [0.05, 0.1) is 13.2 Å². The predicted octanol–water partition coefficient (Wildman–Crippen LogP) is 3.04. The molecule has 7 heteroatoms. The lowest BCUT2D eigenvalue weighted by Gasteiger charge is -2.16. The Labute approximate surface area is 182 Å². The van der Waals surface area contributed by atoms with Gasteiger partial charge in [0, 0.05) is 45.3 Å². The number of halogens is 1. The second-order valence-corrected chi connectivity index (χ2v) is 6.32. The summed E-state index contributed by atoms with van der Waals surface area (Å²) in [5.41, 5.74) is 2.28. The molecule has 27 heavy (non-hydrogen) atoms. The molecule has 0 aliphatic heterocycles. The van der Waals surface area contributed by atoms with Gasteiger partial charge < -0.3 is 25.0 Å². The lowest BCUT2D eigenvalue weighted by atomic mass is 10.1. The number of aryl methyl sites for hydroxylation is 1. The summed E-state index contributed by atoms with van der Waals surface area (Å²) in [7, 11) is 3.82. The van der Waals surface area contributed by atoms with Crippen molar-refractivity contribution in [2.75, 3.05) is 53.6 Å². The van der Waals surface area contributed by atoms with Crippen LogP contribution in [0.3, 0.4) is 0 Å². The number of hydrogen-bond donors (Lipinski definition) is 2. The molecule has 1 aromatic carbocycles. The number of guanidine groups is 1. The molecule has 0 amide bonds. The van der Waals surface area contributed by atoms with Crippen LogP contribution >= 0.6 is 24.0 Å². The number of ether oxygens (including phenoxy) is 2. The van der Waals surface area contributed by atoms with E-state index in [2.05, 4.69) is 61.6 Å². The van der Waals surface area contributed by atoms with Crippen LogP contribution in [-0.2, 0) is 11.3 Å². The van der Waals surface area contributed by atoms with Crippen molar-refractivity contribution in [2.24, 2.45) is 4.99 Å². The van der Waals surface area contributed by atoms with Gasteiger partial charge in [0.15, 0.2) is 5.96 Å². The van der Waals surface area contributed by atoms with Crippen molar-refractivity contribution in [3.63, 3.8) is 0 Å². The van der Waals surface area contributed by atoms with Crippen molar-refractivity contribution in [1.82, 2.24) is 15.5 Å². The minimum atomic E-state index is 0. The Hall–Kier alpha value is -1.06. The molecule has 0 aliphatic rings. The molecule has 156 valence electrons. The van der Waals surface area contributed by atoms with E-state index in [0.717, 1.165) is 49.9 Å². The van der Waals surface area contributed by atoms with Gasteiger partial charge in [0.25, 0.3) is 0 Å². The zero-order valence-electron chi connectivity index (χ0n) is 17.5. The fourth-order valence-corrected chi connectivity index (χ4v) is 2.34. The van der Waals surface area contributed by atoms with Gasteiger partial charge in [-0.15, -0.1) is 24.0 Å². The predicted molar refractivity (Wildman–Crippen MR) is 125 cm³/mol. The van der Waals surface area contributed by atoms with E-state index in [-0.39, 0.29) is 24.0 Å². The highest BCUT2D eigenvalue weighted by Gasteiger charge is 2.05. The summed E-state index contributed by atoms with van der Waals surface area (Å²) in [6.45, 7) is 12.0. The van der Waals surface area contributed by atoms with E-state index in [9.17, 15) is 0 Å². The quantitative estimate of drug-likeness (QED) is 0.203. The van der Waals surface area contributed by atoms with Gasteiger partial charge >= 0.3 is 0 Å². The van der Waals surface area contributed by atoms with Crippen LogP contribution in [0.1, 0.15) is 31.4 Å².